The number of hydrogen-bond donors (Lipinski definition) is 1. The maximum absolute atomic E-state index is 12.7. The fourth-order valence-corrected chi connectivity index (χ4v) is 2.95. The average molecular weight is 254 g/mol. The second-order valence-corrected chi connectivity index (χ2v) is 5.68. The molecule has 3 unspecified atom stereocenters. The summed E-state index contributed by atoms with van der Waals surface area (Å²) >= 11 is 0. The molecule has 2 N–H and O–H groups in total. The van der Waals surface area contributed by atoms with Crippen molar-refractivity contribution in [1.82, 2.24) is 4.90 Å². The number of hydrogen-bond acceptors (Lipinski definition) is 2. The van der Waals surface area contributed by atoms with Gasteiger partial charge in [0.1, 0.15) is 0 Å². The third-order valence-electron chi connectivity index (χ3n) is 4.44. The van der Waals surface area contributed by atoms with Crippen molar-refractivity contribution in [2.75, 3.05) is 13.1 Å². The highest BCUT2D eigenvalue weighted by molar-refractivity contribution is 5.79. The first-order chi connectivity index (χ1) is 8.65. The molecule has 1 aliphatic carbocycles. The maximum Gasteiger partial charge on any atom is 0.226 e. The Morgan fingerprint density at radius 2 is 2.11 bits per heavy atom. The smallest absolute Gasteiger partial charge is 0.226 e. The van der Waals surface area contributed by atoms with Crippen LogP contribution in [0.15, 0.2) is 0 Å². The van der Waals surface area contributed by atoms with Crippen molar-refractivity contribution in [3.8, 4) is 0 Å². The van der Waals surface area contributed by atoms with E-state index in [1.807, 2.05) is 0 Å². The molecule has 0 aliphatic heterocycles. The van der Waals surface area contributed by atoms with Crippen molar-refractivity contribution in [2.24, 2.45) is 17.6 Å². The van der Waals surface area contributed by atoms with Crippen molar-refractivity contribution in [3.63, 3.8) is 0 Å². The number of amides is 1. The number of carbonyl (C=O) groups is 1. The number of nitrogens with two attached hydrogens (primary N) is 1. The van der Waals surface area contributed by atoms with E-state index in [-0.39, 0.29) is 5.92 Å². The lowest BCUT2D eigenvalue weighted by Gasteiger charge is -2.32. The third kappa shape index (κ3) is 3.71. The van der Waals surface area contributed by atoms with Gasteiger partial charge in [-0.05, 0) is 45.1 Å². The Balaban J connectivity index is 2.68. The van der Waals surface area contributed by atoms with Gasteiger partial charge in [-0.2, -0.15) is 0 Å². The Kier molecular flexibility index (Phi) is 6.69. The Morgan fingerprint density at radius 3 is 2.67 bits per heavy atom. The van der Waals surface area contributed by atoms with Crippen LogP contribution in [0.2, 0.25) is 0 Å². The molecule has 1 fully saturated rings. The van der Waals surface area contributed by atoms with Gasteiger partial charge in [-0.25, -0.2) is 0 Å². The average Bonchev–Trinajstić information content (AvgIpc) is 2.86. The second kappa shape index (κ2) is 7.78. The standard InChI is InChI=1S/C15H30N2O/c1-4-6-10-17(12(3)5-2)15(18)14-9-7-8-13(14)11-16/h12-14H,4-11,16H2,1-3H3. The quantitative estimate of drug-likeness (QED) is 0.759. The molecule has 18 heavy (non-hydrogen) atoms. The molecule has 3 atom stereocenters. The molecule has 1 saturated carbocycles. The zero-order valence-corrected chi connectivity index (χ0v) is 12.3. The Bertz CT molecular complexity index is 255. The van der Waals surface area contributed by atoms with Crippen molar-refractivity contribution in [1.29, 1.82) is 0 Å². The van der Waals surface area contributed by atoms with Gasteiger partial charge in [-0.3, -0.25) is 4.79 Å². The summed E-state index contributed by atoms with van der Waals surface area (Å²) in [7, 11) is 0. The van der Waals surface area contributed by atoms with Crippen LogP contribution in [0.4, 0.5) is 0 Å². The van der Waals surface area contributed by atoms with Crippen LogP contribution in [-0.2, 0) is 4.79 Å². The maximum atomic E-state index is 12.7. The SMILES string of the molecule is CCCCN(C(=O)C1CCCC1CN)C(C)CC. The van der Waals surface area contributed by atoms with E-state index in [4.69, 9.17) is 5.73 Å². The van der Waals surface area contributed by atoms with Gasteiger partial charge >= 0.3 is 0 Å². The lowest BCUT2D eigenvalue weighted by Crippen LogP contribution is -2.44. The van der Waals surface area contributed by atoms with E-state index in [1.165, 1.54) is 6.42 Å². The Hall–Kier alpha value is -0.570. The van der Waals surface area contributed by atoms with Crippen LogP contribution in [0.5, 0.6) is 0 Å². The van der Waals surface area contributed by atoms with Crippen molar-refractivity contribution >= 4 is 5.91 Å². The molecule has 0 aromatic carbocycles. The van der Waals surface area contributed by atoms with Gasteiger partial charge in [0.2, 0.25) is 5.91 Å². The summed E-state index contributed by atoms with van der Waals surface area (Å²) < 4.78 is 0. The van der Waals surface area contributed by atoms with E-state index in [9.17, 15) is 4.79 Å². The second-order valence-electron chi connectivity index (χ2n) is 5.68. The topological polar surface area (TPSA) is 46.3 Å². The minimum Gasteiger partial charge on any atom is -0.340 e. The fraction of sp³-hybridized carbons (Fsp3) is 0.933. The molecular weight excluding hydrogens is 224 g/mol. The molecule has 1 amide bonds. The highest BCUT2D eigenvalue weighted by Crippen LogP contribution is 2.33. The summed E-state index contributed by atoms with van der Waals surface area (Å²) in [6.07, 6.45) is 6.63. The van der Waals surface area contributed by atoms with Crippen molar-refractivity contribution in [2.45, 2.75) is 65.3 Å². The fourth-order valence-electron chi connectivity index (χ4n) is 2.95. The highest BCUT2D eigenvalue weighted by atomic mass is 16.2. The summed E-state index contributed by atoms with van der Waals surface area (Å²) in [6, 6.07) is 0.364. The van der Waals surface area contributed by atoms with Gasteiger partial charge in [0.25, 0.3) is 0 Å². The molecule has 3 nitrogen and oxygen atoms in total. The molecule has 1 rings (SSSR count). The highest BCUT2D eigenvalue weighted by Gasteiger charge is 2.35. The molecule has 1 aliphatic rings. The lowest BCUT2D eigenvalue weighted by molar-refractivity contribution is -0.138. The molecule has 0 aromatic heterocycles. The zero-order valence-electron chi connectivity index (χ0n) is 12.3. The largest absolute Gasteiger partial charge is 0.340 e. The minimum absolute atomic E-state index is 0.195. The number of nitrogens with zero attached hydrogens (tertiary/aromatic N) is 1. The molecular formula is C15H30N2O. The van der Waals surface area contributed by atoms with E-state index < -0.39 is 0 Å². The van der Waals surface area contributed by atoms with Crippen LogP contribution in [0.1, 0.15) is 59.3 Å². The molecule has 0 saturated heterocycles. The first-order valence-corrected chi connectivity index (χ1v) is 7.66. The van der Waals surface area contributed by atoms with E-state index >= 15 is 0 Å². The zero-order chi connectivity index (χ0) is 13.5. The summed E-state index contributed by atoms with van der Waals surface area (Å²) in [5, 5.41) is 0. The molecule has 0 heterocycles. The van der Waals surface area contributed by atoms with E-state index in [0.29, 0.717) is 24.4 Å². The van der Waals surface area contributed by atoms with Crippen LogP contribution >= 0.6 is 0 Å². The van der Waals surface area contributed by atoms with Crippen LogP contribution in [0, 0.1) is 11.8 Å². The first kappa shape index (κ1) is 15.5. The lowest BCUT2D eigenvalue weighted by atomic mass is 9.94. The summed E-state index contributed by atoms with van der Waals surface area (Å²) in [5.74, 6) is 0.984. The Morgan fingerprint density at radius 1 is 1.39 bits per heavy atom. The van der Waals surface area contributed by atoms with Gasteiger partial charge in [0.15, 0.2) is 0 Å². The molecule has 0 bridgehead atoms. The van der Waals surface area contributed by atoms with Gasteiger partial charge in [-0.15, -0.1) is 0 Å². The predicted octanol–water partition coefficient (Wildman–Crippen LogP) is 2.79. The van der Waals surface area contributed by atoms with Crippen LogP contribution in [-0.4, -0.2) is 29.9 Å². The summed E-state index contributed by atoms with van der Waals surface area (Å²) in [5.41, 5.74) is 5.80. The number of carbonyl (C=O) groups excluding carboxylic acids is 1. The monoisotopic (exact) mass is 254 g/mol. The molecule has 3 heteroatoms. The molecule has 0 spiro atoms. The minimum atomic E-state index is 0.195. The summed E-state index contributed by atoms with van der Waals surface area (Å²) in [6.45, 7) is 8.08. The van der Waals surface area contributed by atoms with Gasteiger partial charge in [0, 0.05) is 18.5 Å². The third-order valence-corrected chi connectivity index (χ3v) is 4.44. The number of rotatable bonds is 7. The van der Waals surface area contributed by atoms with Gasteiger partial charge in [0.05, 0.1) is 0 Å². The van der Waals surface area contributed by atoms with E-state index in [2.05, 4.69) is 25.7 Å². The molecule has 0 radical (unpaired) electrons. The van der Waals surface area contributed by atoms with Gasteiger partial charge < -0.3 is 10.6 Å². The normalized spacial score (nSPS) is 25.1. The Labute approximate surface area is 112 Å². The molecule has 106 valence electrons. The van der Waals surface area contributed by atoms with Crippen LogP contribution < -0.4 is 5.73 Å². The summed E-state index contributed by atoms with van der Waals surface area (Å²) in [4.78, 5) is 14.8. The van der Waals surface area contributed by atoms with Gasteiger partial charge in [-0.1, -0.05) is 26.7 Å². The number of unbranched alkanes of at least 4 members (excludes halogenated alkanes) is 1. The van der Waals surface area contributed by atoms with Crippen molar-refractivity contribution < 1.29 is 4.79 Å². The van der Waals surface area contributed by atoms with E-state index in [1.54, 1.807) is 0 Å². The van der Waals surface area contributed by atoms with Crippen LogP contribution in [0.3, 0.4) is 0 Å². The van der Waals surface area contributed by atoms with E-state index in [0.717, 1.165) is 38.6 Å². The van der Waals surface area contributed by atoms with Crippen LogP contribution in [0.25, 0.3) is 0 Å². The predicted molar refractivity (Wildman–Crippen MR) is 76.3 cm³/mol. The first-order valence-electron chi connectivity index (χ1n) is 7.66. The van der Waals surface area contributed by atoms with Crippen molar-refractivity contribution in [3.05, 3.63) is 0 Å². The molecule has 0 aromatic rings.